The van der Waals surface area contributed by atoms with Gasteiger partial charge in [-0.3, -0.25) is 19.3 Å². The highest BCUT2D eigenvalue weighted by Crippen LogP contribution is 2.41. The zero-order chi connectivity index (χ0) is 20.6. The Morgan fingerprint density at radius 3 is 2.66 bits per heavy atom. The molecule has 1 spiro atoms. The molecular weight excluding hydrogens is 374 g/mol. The van der Waals surface area contributed by atoms with Crippen molar-refractivity contribution in [1.82, 2.24) is 15.1 Å². The number of esters is 1. The summed E-state index contributed by atoms with van der Waals surface area (Å²) < 4.78 is 5.05. The van der Waals surface area contributed by atoms with Crippen LogP contribution in [0, 0.1) is 5.92 Å². The Bertz CT molecular complexity index is 862. The smallest absolute Gasteiger partial charge is 0.325 e. The van der Waals surface area contributed by atoms with Crippen molar-refractivity contribution in [2.24, 2.45) is 5.92 Å². The molecular formula is C21H25N3O5. The van der Waals surface area contributed by atoms with Gasteiger partial charge in [-0.15, -0.1) is 0 Å². The molecule has 1 atom stereocenters. The van der Waals surface area contributed by atoms with Gasteiger partial charge in [0.1, 0.15) is 12.1 Å². The molecule has 1 aliphatic carbocycles. The van der Waals surface area contributed by atoms with Crippen LogP contribution in [-0.4, -0.2) is 59.9 Å². The predicted octanol–water partition coefficient (Wildman–Crippen LogP) is 1.18. The zero-order valence-electron chi connectivity index (χ0n) is 16.5. The molecule has 4 rings (SSSR count). The molecule has 8 nitrogen and oxygen atoms in total. The van der Waals surface area contributed by atoms with E-state index < -0.39 is 11.6 Å². The second-order valence-electron chi connectivity index (χ2n) is 7.79. The van der Waals surface area contributed by atoms with Crippen molar-refractivity contribution >= 4 is 23.8 Å². The Morgan fingerprint density at radius 2 is 1.93 bits per heavy atom. The second kappa shape index (κ2) is 7.50. The number of hydrogen-bond acceptors (Lipinski definition) is 5. The van der Waals surface area contributed by atoms with E-state index in [-0.39, 0.29) is 30.2 Å². The van der Waals surface area contributed by atoms with Crippen LogP contribution >= 0.6 is 0 Å². The summed E-state index contributed by atoms with van der Waals surface area (Å²) in [5, 5.41) is 2.84. The van der Waals surface area contributed by atoms with E-state index in [0.717, 1.165) is 16.0 Å². The lowest BCUT2D eigenvalue weighted by molar-refractivity contribution is -0.151. The third kappa shape index (κ3) is 3.26. The van der Waals surface area contributed by atoms with Gasteiger partial charge in [-0.05, 0) is 43.7 Å². The molecule has 4 amide bonds. The maximum Gasteiger partial charge on any atom is 0.325 e. The highest BCUT2D eigenvalue weighted by Gasteiger charge is 2.55. The average Bonchev–Trinajstić information content (AvgIpc) is 3.21. The summed E-state index contributed by atoms with van der Waals surface area (Å²) >= 11 is 0. The van der Waals surface area contributed by atoms with Gasteiger partial charge in [0.2, 0.25) is 5.91 Å². The van der Waals surface area contributed by atoms with E-state index in [2.05, 4.69) is 5.32 Å². The van der Waals surface area contributed by atoms with Crippen molar-refractivity contribution in [3.63, 3.8) is 0 Å². The summed E-state index contributed by atoms with van der Waals surface area (Å²) in [4.78, 5) is 52.9. The quantitative estimate of drug-likeness (QED) is 0.606. The molecule has 2 aliphatic heterocycles. The minimum absolute atomic E-state index is 0.200. The molecule has 1 unspecified atom stereocenters. The lowest BCUT2D eigenvalue weighted by Crippen LogP contribution is -2.47. The number of benzene rings is 1. The number of carbonyl (C=O) groups is 4. The molecule has 0 aromatic heterocycles. The first kappa shape index (κ1) is 19.4. The van der Waals surface area contributed by atoms with Crippen molar-refractivity contribution in [1.29, 1.82) is 0 Å². The summed E-state index contributed by atoms with van der Waals surface area (Å²) in [6.07, 6.45) is 2.28. The standard InChI is InChI=1S/C21H25N3O5/c1-2-29-18(26)15-8-11-23(12-9-15)17(25)13-24-19(27)21(22-20(24)28)10-7-14-5-3-4-6-16(14)21/h3-6,15H,2,7-13H2,1H3,(H,22,28). The van der Waals surface area contributed by atoms with Gasteiger partial charge in [0, 0.05) is 13.1 Å². The number of imide groups is 1. The maximum absolute atomic E-state index is 13.1. The lowest BCUT2D eigenvalue weighted by atomic mass is 9.92. The Labute approximate surface area is 169 Å². The van der Waals surface area contributed by atoms with Crippen molar-refractivity contribution < 1.29 is 23.9 Å². The average molecular weight is 399 g/mol. The number of fused-ring (bicyclic) bond motifs is 2. The van der Waals surface area contributed by atoms with Gasteiger partial charge in [-0.1, -0.05) is 24.3 Å². The molecule has 0 radical (unpaired) electrons. The van der Waals surface area contributed by atoms with Crippen molar-refractivity contribution in [3.8, 4) is 0 Å². The largest absolute Gasteiger partial charge is 0.466 e. The number of aryl methyl sites for hydroxylation is 1. The lowest BCUT2D eigenvalue weighted by Gasteiger charge is -2.31. The van der Waals surface area contributed by atoms with Gasteiger partial charge in [-0.2, -0.15) is 0 Å². The van der Waals surface area contributed by atoms with E-state index >= 15 is 0 Å². The Morgan fingerprint density at radius 1 is 1.21 bits per heavy atom. The van der Waals surface area contributed by atoms with Crippen LogP contribution in [0.4, 0.5) is 4.79 Å². The van der Waals surface area contributed by atoms with Crippen LogP contribution < -0.4 is 5.32 Å². The topological polar surface area (TPSA) is 96.0 Å². The summed E-state index contributed by atoms with van der Waals surface area (Å²) in [5.74, 6) is -1.06. The first-order chi connectivity index (χ1) is 14.0. The van der Waals surface area contributed by atoms with Gasteiger partial charge in [0.05, 0.1) is 12.5 Å². The second-order valence-corrected chi connectivity index (χ2v) is 7.79. The molecule has 29 heavy (non-hydrogen) atoms. The van der Waals surface area contributed by atoms with E-state index in [1.807, 2.05) is 24.3 Å². The fourth-order valence-corrected chi connectivity index (χ4v) is 4.59. The SMILES string of the molecule is CCOC(=O)C1CCN(C(=O)CN2C(=O)NC3(CCc4ccccc43)C2=O)CC1. The van der Waals surface area contributed by atoms with Gasteiger partial charge in [-0.25, -0.2) is 4.79 Å². The highest BCUT2D eigenvalue weighted by molar-refractivity contribution is 6.09. The third-order valence-corrected chi connectivity index (χ3v) is 6.18. The number of hydrogen-bond donors (Lipinski definition) is 1. The predicted molar refractivity (Wildman–Crippen MR) is 103 cm³/mol. The van der Waals surface area contributed by atoms with Crippen molar-refractivity contribution in [2.45, 2.75) is 38.1 Å². The van der Waals surface area contributed by atoms with Crippen LogP contribution in [0.5, 0.6) is 0 Å². The number of rotatable bonds is 4. The number of nitrogens with zero attached hydrogens (tertiary/aromatic N) is 2. The minimum atomic E-state index is -1.05. The molecule has 8 heteroatoms. The van der Waals surface area contributed by atoms with E-state index in [0.29, 0.717) is 45.4 Å². The van der Waals surface area contributed by atoms with E-state index in [9.17, 15) is 19.2 Å². The number of nitrogens with one attached hydrogen (secondary N) is 1. The first-order valence-corrected chi connectivity index (χ1v) is 10.1. The molecule has 0 saturated carbocycles. The summed E-state index contributed by atoms with van der Waals surface area (Å²) in [5.41, 5.74) is 0.823. The summed E-state index contributed by atoms with van der Waals surface area (Å²) in [7, 11) is 0. The molecule has 2 fully saturated rings. The molecule has 2 saturated heterocycles. The molecule has 154 valence electrons. The van der Waals surface area contributed by atoms with Crippen LogP contribution in [0.3, 0.4) is 0 Å². The third-order valence-electron chi connectivity index (χ3n) is 6.18. The highest BCUT2D eigenvalue weighted by atomic mass is 16.5. The fraction of sp³-hybridized carbons (Fsp3) is 0.524. The molecule has 2 heterocycles. The normalized spacial score (nSPS) is 24.0. The first-order valence-electron chi connectivity index (χ1n) is 10.1. The Hall–Kier alpha value is -2.90. The minimum Gasteiger partial charge on any atom is -0.466 e. The molecule has 3 aliphatic rings. The number of ether oxygens (including phenoxy) is 1. The molecule has 1 aromatic rings. The van der Waals surface area contributed by atoms with Crippen LogP contribution in [0.2, 0.25) is 0 Å². The van der Waals surface area contributed by atoms with E-state index in [4.69, 9.17) is 4.74 Å². The number of amides is 4. The van der Waals surface area contributed by atoms with E-state index in [1.54, 1.807) is 11.8 Å². The van der Waals surface area contributed by atoms with Crippen LogP contribution in [-0.2, 0) is 31.1 Å². The Balaban J connectivity index is 1.41. The number of carbonyl (C=O) groups excluding carboxylic acids is 4. The number of likely N-dealkylation sites (tertiary alicyclic amines) is 1. The van der Waals surface area contributed by atoms with Gasteiger partial charge >= 0.3 is 12.0 Å². The van der Waals surface area contributed by atoms with Crippen molar-refractivity contribution in [3.05, 3.63) is 35.4 Å². The van der Waals surface area contributed by atoms with E-state index in [1.165, 1.54) is 0 Å². The van der Waals surface area contributed by atoms with Crippen LogP contribution in [0.15, 0.2) is 24.3 Å². The van der Waals surface area contributed by atoms with Gasteiger partial charge < -0.3 is 15.0 Å². The summed E-state index contributed by atoms with van der Waals surface area (Å²) in [6, 6.07) is 7.07. The monoisotopic (exact) mass is 399 g/mol. The van der Waals surface area contributed by atoms with Gasteiger partial charge in [0.15, 0.2) is 0 Å². The maximum atomic E-state index is 13.1. The van der Waals surface area contributed by atoms with Crippen LogP contribution in [0.1, 0.15) is 37.3 Å². The Kier molecular flexibility index (Phi) is 5.02. The molecule has 1 aromatic carbocycles. The molecule has 1 N–H and O–H groups in total. The number of urea groups is 1. The van der Waals surface area contributed by atoms with Crippen molar-refractivity contribution in [2.75, 3.05) is 26.2 Å². The number of piperidine rings is 1. The molecule has 0 bridgehead atoms. The van der Waals surface area contributed by atoms with Gasteiger partial charge in [0.25, 0.3) is 5.91 Å². The summed E-state index contributed by atoms with van der Waals surface area (Å²) in [6.45, 7) is 2.66. The fourth-order valence-electron chi connectivity index (χ4n) is 4.59. The zero-order valence-corrected chi connectivity index (χ0v) is 16.5. The van der Waals surface area contributed by atoms with Crippen LogP contribution in [0.25, 0.3) is 0 Å².